The topological polar surface area (TPSA) is 201 Å². The molecule has 9 N–H and O–H groups in total. The minimum Gasteiger partial charge on any atom is -0.394 e. The van der Waals surface area contributed by atoms with Crippen LogP contribution in [0.4, 0.5) is 0 Å². The maximum Gasteiger partial charge on any atom is 0.254 e. The molecule has 0 aromatic carbocycles. The van der Waals surface area contributed by atoms with Crippen molar-refractivity contribution < 1.29 is 55.4 Å². The minimum atomic E-state index is -3.19. The third-order valence-electron chi connectivity index (χ3n) is 4.07. The summed E-state index contributed by atoms with van der Waals surface area (Å²) in [5.74, 6) is -6.33. The van der Waals surface area contributed by atoms with Gasteiger partial charge in [0, 0.05) is 0 Å². The van der Waals surface area contributed by atoms with E-state index < -0.39 is 67.5 Å². The molecule has 2 unspecified atom stereocenters. The van der Waals surface area contributed by atoms with Gasteiger partial charge in [0.2, 0.25) is 0 Å². The Labute approximate surface area is 124 Å². The van der Waals surface area contributed by atoms with Gasteiger partial charge in [-0.3, -0.25) is 0 Å². The molecule has 0 aromatic heterocycles. The van der Waals surface area contributed by atoms with Gasteiger partial charge in [0.05, 0.1) is 13.2 Å². The van der Waals surface area contributed by atoms with Crippen LogP contribution in [0.1, 0.15) is 0 Å². The van der Waals surface area contributed by atoms with Gasteiger partial charge in [-0.2, -0.15) is 0 Å². The van der Waals surface area contributed by atoms with Gasteiger partial charge in [-0.15, -0.1) is 0 Å². The number of ether oxygens (including phenoxy) is 2. The lowest BCUT2D eigenvalue weighted by atomic mass is 9.82. The van der Waals surface area contributed by atoms with Crippen molar-refractivity contribution in [1.29, 1.82) is 0 Å². The first-order valence-electron chi connectivity index (χ1n) is 6.56. The smallest absolute Gasteiger partial charge is 0.254 e. The van der Waals surface area contributed by atoms with Crippen molar-refractivity contribution in [3.8, 4) is 0 Å². The Morgan fingerprint density at radius 3 is 1.91 bits per heavy atom. The van der Waals surface area contributed by atoms with E-state index in [1.807, 2.05) is 0 Å². The van der Waals surface area contributed by atoms with E-state index in [2.05, 4.69) is 0 Å². The second kappa shape index (κ2) is 5.89. The fraction of sp³-hybridized carbons (Fsp3) is 1.00. The van der Waals surface area contributed by atoms with Gasteiger partial charge in [-0.1, -0.05) is 0 Å². The Kier molecular flexibility index (Phi) is 4.79. The summed E-state index contributed by atoms with van der Waals surface area (Å²) in [5, 5.41) is 87.9. The molecule has 0 radical (unpaired) electrons. The Morgan fingerprint density at radius 1 is 0.818 bits per heavy atom. The number of rotatable bonds is 2. The zero-order valence-electron chi connectivity index (χ0n) is 11.3. The highest BCUT2D eigenvalue weighted by Crippen LogP contribution is 2.41. The summed E-state index contributed by atoms with van der Waals surface area (Å²) in [6.45, 7) is -1.62. The first-order chi connectivity index (χ1) is 10.1. The molecule has 11 heteroatoms. The molecule has 2 aliphatic rings. The zero-order valence-corrected chi connectivity index (χ0v) is 11.3. The normalized spacial score (nSPS) is 56.9. The van der Waals surface area contributed by atoms with Crippen LogP contribution in [0.2, 0.25) is 0 Å². The average Bonchev–Trinajstić information content (AvgIpc) is 2.50. The van der Waals surface area contributed by atoms with Crippen molar-refractivity contribution in [2.24, 2.45) is 0 Å². The van der Waals surface area contributed by atoms with Crippen LogP contribution in [0.15, 0.2) is 0 Å². The fourth-order valence-corrected chi connectivity index (χ4v) is 2.60. The monoisotopic (exact) mass is 328 g/mol. The summed E-state index contributed by atoms with van der Waals surface area (Å²) in [7, 11) is 0. The summed E-state index contributed by atoms with van der Waals surface area (Å²) < 4.78 is 9.57. The molecular formula is C11H20O11. The van der Waals surface area contributed by atoms with Crippen molar-refractivity contribution in [3.63, 3.8) is 0 Å². The predicted octanol–water partition coefficient (Wildman–Crippen LogP) is -6.05. The maximum absolute atomic E-state index is 10.4. The third-order valence-corrected chi connectivity index (χ3v) is 4.07. The van der Waals surface area contributed by atoms with E-state index in [9.17, 15) is 40.9 Å². The molecule has 9 atom stereocenters. The van der Waals surface area contributed by atoms with Crippen molar-refractivity contribution in [3.05, 3.63) is 0 Å². The second-order valence-electron chi connectivity index (χ2n) is 5.47. The van der Waals surface area contributed by atoms with E-state index >= 15 is 0 Å². The number of hydrogen-bond donors (Lipinski definition) is 9. The van der Waals surface area contributed by atoms with Crippen LogP contribution in [0.25, 0.3) is 0 Å². The van der Waals surface area contributed by atoms with Gasteiger partial charge < -0.3 is 55.4 Å². The molecular weight excluding hydrogens is 308 g/mol. The highest BCUT2D eigenvalue weighted by molar-refractivity contribution is 5.08. The molecule has 2 aliphatic heterocycles. The number of aliphatic hydroxyl groups excluding tert-OH is 7. The molecule has 0 spiro atoms. The van der Waals surface area contributed by atoms with E-state index in [1.165, 1.54) is 0 Å². The maximum atomic E-state index is 10.4. The molecule has 2 heterocycles. The molecule has 130 valence electrons. The molecule has 0 amide bonds. The second-order valence-corrected chi connectivity index (χ2v) is 5.47. The molecule has 0 aromatic rings. The van der Waals surface area contributed by atoms with Crippen molar-refractivity contribution >= 4 is 0 Å². The van der Waals surface area contributed by atoms with E-state index in [0.717, 1.165) is 0 Å². The number of hydrogen-bond acceptors (Lipinski definition) is 11. The summed E-state index contributed by atoms with van der Waals surface area (Å²) in [6, 6.07) is 0. The van der Waals surface area contributed by atoms with Gasteiger partial charge in [0.15, 0.2) is 0 Å². The summed E-state index contributed by atoms with van der Waals surface area (Å²) >= 11 is 0. The van der Waals surface area contributed by atoms with Crippen molar-refractivity contribution in [1.82, 2.24) is 0 Å². The molecule has 0 bridgehead atoms. The first kappa shape index (κ1) is 17.9. The van der Waals surface area contributed by atoms with Crippen LogP contribution < -0.4 is 0 Å². The van der Waals surface area contributed by atoms with Gasteiger partial charge in [-0.25, -0.2) is 0 Å². The van der Waals surface area contributed by atoms with Crippen LogP contribution >= 0.6 is 0 Å². The quantitative estimate of drug-likeness (QED) is 0.233. The van der Waals surface area contributed by atoms with E-state index in [-0.39, 0.29) is 0 Å². The SMILES string of the molecule is OC[C@H]1OC(O)(C2(O)OC[C@@H](O)[C@H](O)[C@H]2O)[C@H](O)[C@@H](O)[C@@H]1O. The average molecular weight is 328 g/mol. The Morgan fingerprint density at radius 2 is 1.36 bits per heavy atom. The molecule has 2 rings (SSSR count). The predicted molar refractivity (Wildman–Crippen MR) is 63.9 cm³/mol. The summed E-state index contributed by atoms with van der Waals surface area (Å²) in [5.41, 5.74) is 0. The van der Waals surface area contributed by atoms with Gasteiger partial charge in [-0.05, 0) is 0 Å². The van der Waals surface area contributed by atoms with Gasteiger partial charge in [0.25, 0.3) is 11.6 Å². The van der Waals surface area contributed by atoms with Crippen LogP contribution in [0.5, 0.6) is 0 Å². The Balaban J connectivity index is 2.39. The van der Waals surface area contributed by atoms with Crippen molar-refractivity contribution in [2.75, 3.05) is 13.2 Å². The van der Waals surface area contributed by atoms with E-state index in [1.54, 1.807) is 0 Å². The standard InChI is InChI=1S/C11H20O11/c12-1-4-6(15)7(16)9(18)11(20,22-4)10(19)8(17)5(14)3(13)2-21-10/h3-9,12-20H,1-2H2/t3-,4-,5+,6-,7+,8-,9-,10?,11?/m1/s1. The lowest BCUT2D eigenvalue weighted by Gasteiger charge is -2.55. The fourth-order valence-electron chi connectivity index (χ4n) is 2.60. The molecule has 11 nitrogen and oxygen atoms in total. The number of aliphatic hydroxyl groups is 9. The zero-order chi connectivity index (χ0) is 16.9. The molecule has 22 heavy (non-hydrogen) atoms. The molecule has 2 saturated heterocycles. The lowest BCUT2D eigenvalue weighted by molar-refractivity contribution is -0.481. The van der Waals surface area contributed by atoms with Crippen molar-refractivity contribution in [2.45, 2.75) is 54.3 Å². The Hall–Kier alpha value is -0.440. The molecule has 0 aliphatic carbocycles. The minimum absolute atomic E-state index is 0.727. The largest absolute Gasteiger partial charge is 0.394 e. The van der Waals surface area contributed by atoms with E-state index in [4.69, 9.17) is 14.6 Å². The lowest BCUT2D eigenvalue weighted by Crippen LogP contribution is -2.80. The summed E-state index contributed by atoms with van der Waals surface area (Å²) in [6.07, 6.45) is -13.7. The molecule has 2 fully saturated rings. The highest BCUT2D eigenvalue weighted by Gasteiger charge is 2.69. The van der Waals surface area contributed by atoms with Crippen LogP contribution in [-0.4, -0.2) is 113 Å². The van der Waals surface area contributed by atoms with Gasteiger partial charge >= 0.3 is 0 Å². The first-order valence-corrected chi connectivity index (χ1v) is 6.56. The molecule has 0 saturated carbocycles. The third kappa shape index (κ3) is 2.35. The van der Waals surface area contributed by atoms with Crippen LogP contribution in [0.3, 0.4) is 0 Å². The van der Waals surface area contributed by atoms with E-state index in [0.29, 0.717) is 0 Å². The highest BCUT2D eigenvalue weighted by atomic mass is 16.7. The Bertz CT molecular complexity index is 405. The van der Waals surface area contributed by atoms with Gasteiger partial charge in [0.1, 0.15) is 42.7 Å². The summed E-state index contributed by atoms with van der Waals surface area (Å²) in [4.78, 5) is 0. The van der Waals surface area contributed by atoms with Crippen LogP contribution in [-0.2, 0) is 9.47 Å². The van der Waals surface area contributed by atoms with Crippen LogP contribution in [0, 0.1) is 0 Å².